The Balaban J connectivity index is 1.97. The van der Waals surface area contributed by atoms with Gasteiger partial charge in [-0.3, -0.25) is 0 Å². The van der Waals surface area contributed by atoms with Gasteiger partial charge in [0, 0.05) is 13.5 Å². The molecule has 0 aliphatic heterocycles. The van der Waals surface area contributed by atoms with Crippen LogP contribution < -0.4 is 5.32 Å². The molecule has 0 amide bonds. The van der Waals surface area contributed by atoms with Gasteiger partial charge in [-0.25, -0.2) is 9.97 Å². The number of pyridine rings is 1. The summed E-state index contributed by atoms with van der Waals surface area (Å²) in [5.74, 6) is 2.80. The molecule has 2 heterocycles. The smallest absolute Gasteiger partial charge is 0.179 e. The second kappa shape index (κ2) is 3.22. The normalized spacial score (nSPS) is 15.8. The molecule has 78 valence electrons. The molecular formula is C11H14N4. The first-order valence-electron chi connectivity index (χ1n) is 5.38. The first-order chi connectivity index (χ1) is 7.35. The fraction of sp³-hybridized carbons (Fsp3) is 0.455. The van der Waals surface area contributed by atoms with Gasteiger partial charge in [-0.1, -0.05) is 0 Å². The van der Waals surface area contributed by atoms with Gasteiger partial charge in [0.2, 0.25) is 0 Å². The van der Waals surface area contributed by atoms with Crippen molar-refractivity contribution in [2.45, 2.75) is 19.3 Å². The Hall–Kier alpha value is -1.58. The maximum absolute atomic E-state index is 4.49. The van der Waals surface area contributed by atoms with E-state index in [1.807, 2.05) is 19.2 Å². The van der Waals surface area contributed by atoms with E-state index in [9.17, 15) is 0 Å². The maximum Gasteiger partial charge on any atom is 0.179 e. The van der Waals surface area contributed by atoms with E-state index in [0.29, 0.717) is 0 Å². The topological polar surface area (TPSA) is 53.6 Å². The Labute approximate surface area is 88.1 Å². The molecule has 0 bridgehead atoms. The van der Waals surface area contributed by atoms with E-state index in [-0.39, 0.29) is 0 Å². The van der Waals surface area contributed by atoms with Crippen LogP contribution in [0.5, 0.6) is 0 Å². The molecule has 2 aromatic heterocycles. The van der Waals surface area contributed by atoms with E-state index in [0.717, 1.165) is 35.1 Å². The molecule has 0 unspecified atom stereocenters. The highest BCUT2D eigenvalue weighted by Gasteiger charge is 2.23. The van der Waals surface area contributed by atoms with Gasteiger partial charge in [0.05, 0.1) is 5.52 Å². The van der Waals surface area contributed by atoms with E-state index in [1.165, 1.54) is 12.8 Å². The SMILES string of the molecule is CNc1ccc2[nH]c(CC3CC3)nc2n1. The Morgan fingerprint density at radius 1 is 1.40 bits per heavy atom. The molecule has 2 N–H and O–H groups in total. The number of H-pyrrole nitrogens is 1. The van der Waals surface area contributed by atoms with Crippen LogP contribution in [0.25, 0.3) is 11.2 Å². The Bertz CT molecular complexity index is 484. The lowest BCUT2D eigenvalue weighted by atomic mass is 10.3. The van der Waals surface area contributed by atoms with E-state index < -0.39 is 0 Å². The van der Waals surface area contributed by atoms with Gasteiger partial charge in [0.1, 0.15) is 11.6 Å². The number of aromatic nitrogens is 3. The second-order valence-electron chi connectivity index (χ2n) is 4.15. The van der Waals surface area contributed by atoms with E-state index in [2.05, 4.69) is 20.3 Å². The van der Waals surface area contributed by atoms with Gasteiger partial charge in [0.15, 0.2) is 5.65 Å². The van der Waals surface area contributed by atoms with Crippen molar-refractivity contribution in [2.24, 2.45) is 5.92 Å². The lowest BCUT2D eigenvalue weighted by Crippen LogP contribution is -1.91. The second-order valence-corrected chi connectivity index (χ2v) is 4.15. The number of hydrogen-bond acceptors (Lipinski definition) is 3. The minimum Gasteiger partial charge on any atom is -0.373 e. The van der Waals surface area contributed by atoms with Crippen molar-refractivity contribution in [3.8, 4) is 0 Å². The van der Waals surface area contributed by atoms with Crippen LogP contribution in [0.2, 0.25) is 0 Å². The summed E-state index contributed by atoms with van der Waals surface area (Å²) in [7, 11) is 1.87. The van der Waals surface area contributed by atoms with Crippen LogP contribution in [0.15, 0.2) is 12.1 Å². The zero-order chi connectivity index (χ0) is 10.3. The molecule has 0 spiro atoms. The van der Waals surface area contributed by atoms with Crippen LogP contribution >= 0.6 is 0 Å². The van der Waals surface area contributed by atoms with Crippen molar-refractivity contribution in [1.29, 1.82) is 0 Å². The molecule has 0 atom stereocenters. The van der Waals surface area contributed by atoms with Crippen molar-refractivity contribution >= 4 is 17.0 Å². The lowest BCUT2D eigenvalue weighted by Gasteiger charge is -1.95. The van der Waals surface area contributed by atoms with E-state index in [4.69, 9.17) is 0 Å². The zero-order valence-corrected chi connectivity index (χ0v) is 8.75. The molecule has 3 rings (SSSR count). The molecule has 15 heavy (non-hydrogen) atoms. The van der Waals surface area contributed by atoms with Crippen molar-refractivity contribution < 1.29 is 0 Å². The monoisotopic (exact) mass is 202 g/mol. The molecule has 4 nitrogen and oxygen atoms in total. The number of nitrogens with one attached hydrogen (secondary N) is 2. The average Bonchev–Trinajstić information content (AvgIpc) is 2.96. The third-order valence-electron chi connectivity index (χ3n) is 2.83. The summed E-state index contributed by atoms with van der Waals surface area (Å²) in [6, 6.07) is 3.99. The van der Waals surface area contributed by atoms with Gasteiger partial charge in [-0.15, -0.1) is 0 Å². The van der Waals surface area contributed by atoms with Gasteiger partial charge >= 0.3 is 0 Å². The van der Waals surface area contributed by atoms with Gasteiger partial charge in [-0.2, -0.15) is 0 Å². The minimum atomic E-state index is 0.817. The largest absolute Gasteiger partial charge is 0.373 e. The van der Waals surface area contributed by atoms with Crippen molar-refractivity contribution in [1.82, 2.24) is 15.0 Å². The Morgan fingerprint density at radius 3 is 3.00 bits per heavy atom. The highest BCUT2D eigenvalue weighted by molar-refractivity contribution is 5.72. The van der Waals surface area contributed by atoms with Gasteiger partial charge < -0.3 is 10.3 Å². The Kier molecular flexibility index (Phi) is 1.87. The quantitative estimate of drug-likeness (QED) is 0.799. The summed E-state index contributed by atoms with van der Waals surface area (Å²) < 4.78 is 0. The number of hydrogen-bond donors (Lipinski definition) is 2. The first-order valence-corrected chi connectivity index (χ1v) is 5.38. The number of fused-ring (bicyclic) bond motifs is 1. The van der Waals surface area contributed by atoms with Crippen molar-refractivity contribution in [3.63, 3.8) is 0 Å². The summed E-state index contributed by atoms with van der Waals surface area (Å²) in [5.41, 5.74) is 1.85. The summed E-state index contributed by atoms with van der Waals surface area (Å²) in [4.78, 5) is 12.2. The molecule has 2 aromatic rings. The number of aromatic amines is 1. The van der Waals surface area contributed by atoms with Crippen LogP contribution in [-0.4, -0.2) is 22.0 Å². The van der Waals surface area contributed by atoms with Crippen LogP contribution in [0, 0.1) is 5.92 Å². The van der Waals surface area contributed by atoms with Crippen molar-refractivity contribution in [2.75, 3.05) is 12.4 Å². The van der Waals surface area contributed by atoms with Crippen molar-refractivity contribution in [3.05, 3.63) is 18.0 Å². The highest BCUT2D eigenvalue weighted by atomic mass is 15.0. The first kappa shape index (κ1) is 8.71. The standard InChI is InChI=1S/C11H14N4/c1-12-9-5-4-8-11(14-9)15-10(13-8)6-7-2-3-7/h4-5,7H,2-3,6H2,1H3,(H2,12,13,14,15). The van der Waals surface area contributed by atoms with Gasteiger partial charge in [-0.05, 0) is 30.9 Å². The molecule has 0 radical (unpaired) electrons. The third kappa shape index (κ3) is 1.67. The number of nitrogens with zero attached hydrogens (tertiary/aromatic N) is 2. The molecule has 0 saturated heterocycles. The number of rotatable bonds is 3. The zero-order valence-electron chi connectivity index (χ0n) is 8.75. The van der Waals surface area contributed by atoms with Crippen LogP contribution in [0.3, 0.4) is 0 Å². The molecule has 4 heteroatoms. The maximum atomic E-state index is 4.49. The number of anilines is 1. The fourth-order valence-corrected chi connectivity index (χ4v) is 1.77. The minimum absolute atomic E-state index is 0.817. The molecule has 1 aliphatic rings. The Morgan fingerprint density at radius 2 is 2.27 bits per heavy atom. The summed E-state index contributed by atoms with van der Waals surface area (Å²) in [6.07, 6.45) is 3.78. The summed E-state index contributed by atoms with van der Waals surface area (Å²) in [5, 5.41) is 3.02. The van der Waals surface area contributed by atoms with E-state index >= 15 is 0 Å². The third-order valence-corrected chi connectivity index (χ3v) is 2.83. The molecular weight excluding hydrogens is 188 g/mol. The predicted molar refractivity (Wildman–Crippen MR) is 59.9 cm³/mol. The predicted octanol–water partition coefficient (Wildman–Crippen LogP) is 1.95. The molecule has 1 fully saturated rings. The van der Waals surface area contributed by atoms with Crippen LogP contribution in [0.4, 0.5) is 5.82 Å². The molecule has 0 aromatic carbocycles. The summed E-state index contributed by atoms with van der Waals surface area (Å²) in [6.45, 7) is 0. The van der Waals surface area contributed by atoms with Crippen LogP contribution in [0.1, 0.15) is 18.7 Å². The van der Waals surface area contributed by atoms with Gasteiger partial charge in [0.25, 0.3) is 0 Å². The number of imidazole rings is 1. The highest BCUT2D eigenvalue weighted by Crippen LogP contribution is 2.32. The molecule has 1 saturated carbocycles. The lowest BCUT2D eigenvalue weighted by molar-refractivity contribution is 0.787. The summed E-state index contributed by atoms with van der Waals surface area (Å²) >= 11 is 0. The molecule has 1 aliphatic carbocycles. The fourth-order valence-electron chi connectivity index (χ4n) is 1.77. The average molecular weight is 202 g/mol. The van der Waals surface area contributed by atoms with Crippen LogP contribution in [-0.2, 0) is 6.42 Å². The van der Waals surface area contributed by atoms with E-state index in [1.54, 1.807) is 0 Å².